The van der Waals surface area contributed by atoms with Crippen LogP contribution in [0.4, 0.5) is 14.6 Å². The summed E-state index contributed by atoms with van der Waals surface area (Å²) in [4.78, 5) is 16.1. The monoisotopic (exact) mass is 345 g/mol. The Morgan fingerprint density at radius 3 is 2.96 bits per heavy atom. The predicted molar refractivity (Wildman–Crippen MR) is 87.9 cm³/mol. The van der Waals surface area contributed by atoms with Gasteiger partial charge in [-0.2, -0.15) is 5.26 Å². The molecule has 2 aromatic rings. The average Bonchev–Trinajstić information content (AvgIpc) is 2.61. The molecule has 1 amide bonds. The third-order valence-corrected chi connectivity index (χ3v) is 3.35. The molecule has 0 aliphatic heterocycles. The molecule has 7 heteroatoms. The lowest BCUT2D eigenvalue weighted by molar-refractivity contribution is -0.116. The number of nitrogens with one attached hydrogen (secondary N) is 1. The molecule has 0 aliphatic rings. The van der Waals surface area contributed by atoms with Crippen molar-refractivity contribution in [3.05, 3.63) is 53.7 Å². The van der Waals surface area contributed by atoms with Crippen LogP contribution in [0, 0.1) is 23.0 Å². The Morgan fingerprint density at radius 2 is 2.16 bits per heavy atom. The van der Waals surface area contributed by atoms with Crippen molar-refractivity contribution in [3.63, 3.8) is 0 Å². The second-order valence-electron chi connectivity index (χ2n) is 5.24. The van der Waals surface area contributed by atoms with Gasteiger partial charge in [0.15, 0.2) is 11.6 Å². The maximum Gasteiger partial charge on any atom is 0.225 e. The van der Waals surface area contributed by atoms with E-state index >= 15 is 0 Å². The van der Waals surface area contributed by atoms with Gasteiger partial charge in [-0.3, -0.25) is 4.79 Å². The molecule has 0 atom stereocenters. The topological polar surface area (TPSA) is 75.0 Å². The number of hydrogen-bond donors (Lipinski definition) is 1. The van der Waals surface area contributed by atoms with Crippen LogP contribution in [0.25, 0.3) is 0 Å². The van der Waals surface area contributed by atoms with Crippen LogP contribution < -0.4 is 10.1 Å². The minimum atomic E-state index is -0.548. The van der Waals surface area contributed by atoms with E-state index in [0.29, 0.717) is 25.2 Å². The summed E-state index contributed by atoms with van der Waals surface area (Å²) >= 11 is 0. The Balaban J connectivity index is 1.92. The quantitative estimate of drug-likeness (QED) is 0.742. The van der Waals surface area contributed by atoms with E-state index in [-0.39, 0.29) is 30.1 Å². The smallest absolute Gasteiger partial charge is 0.225 e. The molecule has 5 nitrogen and oxygen atoms in total. The van der Waals surface area contributed by atoms with Crippen molar-refractivity contribution in [3.8, 4) is 11.8 Å². The average molecular weight is 345 g/mol. The molecule has 2 rings (SSSR count). The highest BCUT2D eigenvalue weighted by molar-refractivity contribution is 5.91. The van der Waals surface area contributed by atoms with Crippen LogP contribution in [0.3, 0.4) is 0 Å². The molecule has 0 spiro atoms. The Kier molecular flexibility index (Phi) is 6.84. The summed E-state index contributed by atoms with van der Waals surface area (Å²) in [6, 6.07) is 8.48. The number of nitrogens with zero attached hydrogens (tertiary/aromatic N) is 2. The summed E-state index contributed by atoms with van der Waals surface area (Å²) in [6.07, 6.45) is 2.49. The molecule has 1 aromatic carbocycles. The van der Waals surface area contributed by atoms with Crippen molar-refractivity contribution in [1.29, 1.82) is 5.26 Å². The zero-order valence-corrected chi connectivity index (χ0v) is 13.5. The molecule has 0 aliphatic carbocycles. The number of nitriles is 1. The van der Waals surface area contributed by atoms with Gasteiger partial charge in [0.05, 0.1) is 12.7 Å². The highest BCUT2D eigenvalue weighted by Crippen LogP contribution is 2.21. The lowest BCUT2D eigenvalue weighted by Gasteiger charge is -2.11. The highest BCUT2D eigenvalue weighted by Gasteiger charge is 2.11. The number of rotatable bonds is 8. The molecule has 1 aromatic heterocycles. The Labute approximate surface area is 144 Å². The standard InChI is InChI=1S/C18H17F2N3O2/c19-14-6-7-15(20)13(12-14)5-8-17(24)23-18-16(4-3-10-22-18)25-11-2-1-9-21/h3-4,6-7,10,12H,1-2,5,8,11H2,(H,22,23,24). The molecule has 0 fully saturated rings. The van der Waals surface area contributed by atoms with E-state index in [4.69, 9.17) is 10.00 Å². The first kappa shape index (κ1) is 18.3. The summed E-state index contributed by atoms with van der Waals surface area (Å²) in [5, 5.41) is 11.1. The van der Waals surface area contributed by atoms with E-state index in [2.05, 4.69) is 10.3 Å². The number of anilines is 1. The first-order valence-corrected chi connectivity index (χ1v) is 7.78. The molecule has 0 unspecified atom stereocenters. The number of ether oxygens (including phenoxy) is 1. The largest absolute Gasteiger partial charge is 0.490 e. The van der Waals surface area contributed by atoms with Gasteiger partial charge in [-0.15, -0.1) is 0 Å². The molecular weight excluding hydrogens is 328 g/mol. The summed E-state index contributed by atoms with van der Waals surface area (Å²) in [6.45, 7) is 0.330. The van der Waals surface area contributed by atoms with Crippen molar-refractivity contribution in [2.24, 2.45) is 0 Å². The zero-order valence-electron chi connectivity index (χ0n) is 13.5. The lowest BCUT2D eigenvalue weighted by Crippen LogP contribution is -2.15. The van der Waals surface area contributed by atoms with Gasteiger partial charge in [-0.1, -0.05) is 0 Å². The molecule has 0 radical (unpaired) electrons. The SMILES string of the molecule is N#CCCCOc1cccnc1NC(=O)CCc1cc(F)ccc1F. The Morgan fingerprint density at radius 1 is 1.32 bits per heavy atom. The van der Waals surface area contributed by atoms with Crippen LogP contribution >= 0.6 is 0 Å². The van der Waals surface area contributed by atoms with Crippen LogP contribution in [0.15, 0.2) is 36.5 Å². The maximum absolute atomic E-state index is 13.6. The minimum Gasteiger partial charge on any atom is -0.490 e. The van der Waals surface area contributed by atoms with Crippen molar-refractivity contribution in [1.82, 2.24) is 4.98 Å². The van der Waals surface area contributed by atoms with Gasteiger partial charge in [0, 0.05) is 19.0 Å². The van der Waals surface area contributed by atoms with Gasteiger partial charge in [0.1, 0.15) is 11.6 Å². The summed E-state index contributed by atoms with van der Waals surface area (Å²) in [5.74, 6) is -0.831. The molecular formula is C18H17F2N3O2. The van der Waals surface area contributed by atoms with Crippen molar-refractivity contribution < 1.29 is 18.3 Å². The van der Waals surface area contributed by atoms with Crippen LogP contribution in [-0.4, -0.2) is 17.5 Å². The summed E-state index contributed by atoms with van der Waals surface area (Å²) < 4.78 is 32.2. The number of carbonyl (C=O) groups excluding carboxylic acids is 1. The van der Waals surface area contributed by atoms with Gasteiger partial charge in [0.2, 0.25) is 5.91 Å². The number of aryl methyl sites for hydroxylation is 1. The number of amides is 1. The van der Waals surface area contributed by atoms with Gasteiger partial charge in [-0.25, -0.2) is 13.8 Å². The number of carbonyl (C=O) groups is 1. The normalized spacial score (nSPS) is 10.1. The zero-order chi connectivity index (χ0) is 18.1. The summed E-state index contributed by atoms with van der Waals surface area (Å²) in [7, 11) is 0. The lowest BCUT2D eigenvalue weighted by atomic mass is 10.1. The first-order valence-electron chi connectivity index (χ1n) is 7.78. The highest BCUT2D eigenvalue weighted by atomic mass is 19.1. The third-order valence-electron chi connectivity index (χ3n) is 3.35. The van der Waals surface area contributed by atoms with Gasteiger partial charge >= 0.3 is 0 Å². The van der Waals surface area contributed by atoms with Crippen LogP contribution in [0.5, 0.6) is 5.75 Å². The second kappa shape index (κ2) is 9.33. The number of unbranched alkanes of at least 4 members (excludes halogenated alkanes) is 1. The van der Waals surface area contributed by atoms with Crippen LogP contribution in [0.2, 0.25) is 0 Å². The van der Waals surface area contributed by atoms with E-state index in [1.807, 2.05) is 6.07 Å². The molecule has 1 heterocycles. The molecule has 0 saturated carbocycles. The fourth-order valence-electron chi connectivity index (χ4n) is 2.11. The van der Waals surface area contributed by atoms with E-state index in [0.717, 1.165) is 18.2 Å². The van der Waals surface area contributed by atoms with Crippen LogP contribution in [-0.2, 0) is 11.2 Å². The number of benzene rings is 1. The number of halogens is 2. The van der Waals surface area contributed by atoms with Gasteiger partial charge < -0.3 is 10.1 Å². The first-order chi connectivity index (χ1) is 12.1. The number of hydrogen-bond acceptors (Lipinski definition) is 4. The maximum atomic E-state index is 13.6. The third kappa shape index (κ3) is 5.84. The van der Waals surface area contributed by atoms with Gasteiger partial charge in [-0.05, 0) is 48.7 Å². The molecule has 1 N–H and O–H groups in total. The van der Waals surface area contributed by atoms with Gasteiger partial charge in [0.25, 0.3) is 0 Å². The number of aromatic nitrogens is 1. The number of pyridine rings is 1. The Bertz CT molecular complexity index is 775. The van der Waals surface area contributed by atoms with Crippen molar-refractivity contribution in [2.75, 3.05) is 11.9 Å². The van der Waals surface area contributed by atoms with E-state index in [1.54, 1.807) is 12.1 Å². The van der Waals surface area contributed by atoms with Crippen LogP contribution in [0.1, 0.15) is 24.8 Å². The second-order valence-corrected chi connectivity index (χ2v) is 5.24. The van der Waals surface area contributed by atoms with Crippen molar-refractivity contribution in [2.45, 2.75) is 25.7 Å². The fraction of sp³-hybridized carbons (Fsp3) is 0.278. The fourth-order valence-corrected chi connectivity index (χ4v) is 2.11. The predicted octanol–water partition coefficient (Wildman–Crippen LogP) is 3.61. The minimum absolute atomic E-state index is 0.0230. The molecule has 0 saturated heterocycles. The molecule has 0 bridgehead atoms. The summed E-state index contributed by atoms with van der Waals surface area (Å²) in [5.41, 5.74) is 0.143. The Hall–Kier alpha value is -3.01. The van der Waals surface area contributed by atoms with E-state index in [9.17, 15) is 13.6 Å². The van der Waals surface area contributed by atoms with Crippen molar-refractivity contribution >= 4 is 11.7 Å². The van der Waals surface area contributed by atoms with E-state index in [1.165, 1.54) is 6.20 Å². The molecule has 25 heavy (non-hydrogen) atoms. The molecule has 130 valence electrons. The van der Waals surface area contributed by atoms with E-state index < -0.39 is 11.6 Å².